The van der Waals surface area contributed by atoms with Crippen LogP contribution in [-0.2, 0) is 17.8 Å². The molecule has 1 saturated heterocycles. The standard InChI is InChI=1S/C27H30N2O2/c1-31-26-14-12-22(13-15-26)20-27(30)29(24-10-6-3-7-11-24)25-16-18-28(19-17-25)21-23-8-4-2-5-9-23/h2-15,25H,16-21H2,1H3. The monoisotopic (exact) mass is 414 g/mol. The molecule has 0 atom stereocenters. The summed E-state index contributed by atoms with van der Waals surface area (Å²) in [7, 11) is 1.65. The molecule has 1 heterocycles. The minimum atomic E-state index is 0.151. The molecular formula is C27H30N2O2. The summed E-state index contributed by atoms with van der Waals surface area (Å²) in [4.78, 5) is 17.9. The Balaban J connectivity index is 1.45. The van der Waals surface area contributed by atoms with Gasteiger partial charge in [0.1, 0.15) is 5.75 Å². The normalized spacial score (nSPS) is 14.9. The highest BCUT2D eigenvalue weighted by Gasteiger charge is 2.29. The third-order valence-corrected chi connectivity index (χ3v) is 5.99. The van der Waals surface area contributed by atoms with Gasteiger partial charge in [0.2, 0.25) is 5.91 Å². The van der Waals surface area contributed by atoms with Crippen molar-refractivity contribution in [2.24, 2.45) is 0 Å². The van der Waals surface area contributed by atoms with Gasteiger partial charge in [0.25, 0.3) is 0 Å². The lowest BCUT2D eigenvalue weighted by atomic mass is 10.00. The van der Waals surface area contributed by atoms with Crippen molar-refractivity contribution in [2.45, 2.75) is 31.8 Å². The van der Waals surface area contributed by atoms with Crippen LogP contribution in [0, 0.1) is 0 Å². The van der Waals surface area contributed by atoms with Crippen molar-refractivity contribution in [3.05, 3.63) is 96.1 Å². The van der Waals surface area contributed by atoms with Gasteiger partial charge in [-0.05, 0) is 48.2 Å². The van der Waals surface area contributed by atoms with Gasteiger partial charge in [-0.25, -0.2) is 0 Å². The van der Waals surface area contributed by atoms with E-state index in [1.807, 2.05) is 59.5 Å². The number of para-hydroxylation sites is 1. The average molecular weight is 415 g/mol. The lowest BCUT2D eigenvalue weighted by Crippen LogP contribution is -2.48. The summed E-state index contributed by atoms with van der Waals surface area (Å²) in [5.74, 6) is 0.958. The molecule has 4 nitrogen and oxygen atoms in total. The van der Waals surface area contributed by atoms with E-state index in [9.17, 15) is 4.79 Å². The number of hydrogen-bond donors (Lipinski definition) is 0. The molecule has 1 aliphatic rings. The lowest BCUT2D eigenvalue weighted by molar-refractivity contribution is -0.118. The van der Waals surface area contributed by atoms with Crippen LogP contribution in [0.25, 0.3) is 0 Å². The molecule has 0 bridgehead atoms. The molecular weight excluding hydrogens is 384 g/mol. The minimum absolute atomic E-state index is 0.151. The summed E-state index contributed by atoms with van der Waals surface area (Å²) < 4.78 is 5.24. The van der Waals surface area contributed by atoms with Crippen LogP contribution >= 0.6 is 0 Å². The zero-order chi connectivity index (χ0) is 21.5. The minimum Gasteiger partial charge on any atom is -0.497 e. The van der Waals surface area contributed by atoms with Crippen molar-refractivity contribution in [1.82, 2.24) is 4.90 Å². The highest BCUT2D eigenvalue weighted by Crippen LogP contribution is 2.26. The summed E-state index contributed by atoms with van der Waals surface area (Å²) in [6.45, 7) is 2.97. The summed E-state index contributed by atoms with van der Waals surface area (Å²) in [5, 5.41) is 0. The van der Waals surface area contributed by atoms with E-state index in [-0.39, 0.29) is 11.9 Å². The van der Waals surface area contributed by atoms with Gasteiger partial charge in [0, 0.05) is 31.4 Å². The first-order chi connectivity index (χ1) is 15.2. The molecule has 4 heteroatoms. The van der Waals surface area contributed by atoms with Crippen molar-refractivity contribution in [1.29, 1.82) is 0 Å². The van der Waals surface area contributed by atoms with Crippen LogP contribution in [0.15, 0.2) is 84.9 Å². The number of amides is 1. The third kappa shape index (κ3) is 5.53. The molecule has 0 unspecified atom stereocenters. The molecule has 0 saturated carbocycles. The highest BCUT2D eigenvalue weighted by atomic mass is 16.5. The van der Waals surface area contributed by atoms with E-state index in [1.54, 1.807) is 7.11 Å². The van der Waals surface area contributed by atoms with Crippen LogP contribution in [-0.4, -0.2) is 37.0 Å². The fourth-order valence-electron chi connectivity index (χ4n) is 4.33. The molecule has 4 rings (SSSR count). The molecule has 0 aliphatic carbocycles. The number of hydrogen-bond acceptors (Lipinski definition) is 3. The topological polar surface area (TPSA) is 32.8 Å². The van der Waals surface area contributed by atoms with Gasteiger partial charge in [0.15, 0.2) is 0 Å². The summed E-state index contributed by atoms with van der Waals surface area (Å²) in [5.41, 5.74) is 3.34. The van der Waals surface area contributed by atoms with Crippen molar-refractivity contribution >= 4 is 11.6 Å². The van der Waals surface area contributed by atoms with E-state index >= 15 is 0 Å². The Kier molecular flexibility index (Phi) is 7.00. The molecule has 1 amide bonds. The second-order valence-electron chi connectivity index (χ2n) is 8.12. The number of piperidine rings is 1. The first-order valence-corrected chi connectivity index (χ1v) is 11.0. The highest BCUT2D eigenvalue weighted by molar-refractivity contribution is 5.95. The van der Waals surface area contributed by atoms with Crippen molar-refractivity contribution in [3.8, 4) is 5.75 Å². The van der Waals surface area contributed by atoms with Crippen LogP contribution in [0.1, 0.15) is 24.0 Å². The summed E-state index contributed by atoms with van der Waals surface area (Å²) in [6.07, 6.45) is 2.36. The Morgan fingerprint density at radius 1 is 0.871 bits per heavy atom. The first kappa shape index (κ1) is 21.1. The number of carbonyl (C=O) groups excluding carboxylic acids is 1. The van der Waals surface area contributed by atoms with Crippen LogP contribution in [0.2, 0.25) is 0 Å². The lowest BCUT2D eigenvalue weighted by Gasteiger charge is -2.38. The van der Waals surface area contributed by atoms with E-state index in [0.29, 0.717) is 6.42 Å². The maximum Gasteiger partial charge on any atom is 0.231 e. The molecule has 160 valence electrons. The van der Waals surface area contributed by atoms with Gasteiger partial charge in [-0.3, -0.25) is 9.69 Å². The Morgan fingerprint density at radius 2 is 1.48 bits per heavy atom. The predicted octanol–water partition coefficient (Wildman–Crippen LogP) is 4.94. The number of rotatable bonds is 7. The number of nitrogens with zero attached hydrogens (tertiary/aromatic N) is 2. The quantitative estimate of drug-likeness (QED) is 0.549. The zero-order valence-corrected chi connectivity index (χ0v) is 18.1. The Bertz CT molecular complexity index is 950. The van der Waals surface area contributed by atoms with Crippen molar-refractivity contribution < 1.29 is 9.53 Å². The van der Waals surface area contributed by atoms with E-state index in [4.69, 9.17) is 4.74 Å². The first-order valence-electron chi connectivity index (χ1n) is 11.0. The second kappa shape index (κ2) is 10.3. The number of benzene rings is 3. The number of likely N-dealkylation sites (tertiary alicyclic amines) is 1. The molecule has 0 spiro atoms. The maximum atomic E-state index is 13.4. The SMILES string of the molecule is COc1ccc(CC(=O)N(c2ccccc2)C2CCN(Cc3ccccc3)CC2)cc1. The Labute approximate surface area is 185 Å². The van der Waals surface area contributed by atoms with Gasteiger partial charge in [-0.1, -0.05) is 60.7 Å². The molecule has 1 fully saturated rings. The van der Waals surface area contributed by atoms with Gasteiger partial charge in [-0.15, -0.1) is 0 Å². The number of methoxy groups -OCH3 is 1. The third-order valence-electron chi connectivity index (χ3n) is 5.99. The predicted molar refractivity (Wildman–Crippen MR) is 125 cm³/mol. The van der Waals surface area contributed by atoms with E-state index < -0.39 is 0 Å². The van der Waals surface area contributed by atoms with Crippen molar-refractivity contribution in [2.75, 3.05) is 25.1 Å². The number of ether oxygens (including phenoxy) is 1. The van der Waals surface area contributed by atoms with Crippen molar-refractivity contribution in [3.63, 3.8) is 0 Å². The molecule has 0 N–H and O–H groups in total. The van der Waals surface area contributed by atoms with Crippen LogP contribution < -0.4 is 9.64 Å². The Hall–Kier alpha value is -3.11. The molecule has 3 aromatic rings. The fraction of sp³-hybridized carbons (Fsp3) is 0.296. The largest absolute Gasteiger partial charge is 0.497 e. The Morgan fingerprint density at radius 3 is 2.10 bits per heavy atom. The van der Waals surface area contributed by atoms with Gasteiger partial charge < -0.3 is 9.64 Å². The van der Waals surface area contributed by atoms with Gasteiger partial charge in [-0.2, -0.15) is 0 Å². The van der Waals surface area contributed by atoms with Crippen LogP contribution in [0.4, 0.5) is 5.69 Å². The zero-order valence-electron chi connectivity index (χ0n) is 18.1. The number of anilines is 1. The van der Waals surface area contributed by atoms with Crippen LogP contribution in [0.3, 0.4) is 0 Å². The molecule has 1 aliphatic heterocycles. The molecule has 0 aromatic heterocycles. The molecule has 31 heavy (non-hydrogen) atoms. The van der Waals surface area contributed by atoms with E-state index in [2.05, 4.69) is 35.2 Å². The summed E-state index contributed by atoms with van der Waals surface area (Å²) >= 11 is 0. The number of carbonyl (C=O) groups is 1. The fourth-order valence-corrected chi connectivity index (χ4v) is 4.33. The van der Waals surface area contributed by atoms with Gasteiger partial charge in [0.05, 0.1) is 13.5 Å². The summed E-state index contributed by atoms with van der Waals surface area (Å²) in [6, 6.07) is 28.7. The second-order valence-corrected chi connectivity index (χ2v) is 8.12. The maximum absolute atomic E-state index is 13.4. The van der Waals surface area contributed by atoms with Crippen LogP contribution in [0.5, 0.6) is 5.75 Å². The molecule has 0 radical (unpaired) electrons. The smallest absolute Gasteiger partial charge is 0.231 e. The van der Waals surface area contributed by atoms with Gasteiger partial charge >= 0.3 is 0 Å². The van der Waals surface area contributed by atoms with E-state index in [0.717, 1.165) is 49.5 Å². The average Bonchev–Trinajstić information content (AvgIpc) is 2.82. The molecule has 3 aromatic carbocycles. The van der Waals surface area contributed by atoms with E-state index in [1.165, 1.54) is 5.56 Å².